The Hall–Kier alpha value is -2.89. The highest BCUT2D eigenvalue weighted by Crippen LogP contribution is 2.21. The Morgan fingerprint density at radius 3 is 2.60 bits per heavy atom. The molecule has 0 heterocycles. The molecular formula is C19H20FNO4. The van der Waals surface area contributed by atoms with E-state index in [2.05, 4.69) is 5.32 Å². The number of carbonyl (C=O) groups is 2. The van der Waals surface area contributed by atoms with E-state index in [0.29, 0.717) is 16.9 Å². The van der Waals surface area contributed by atoms with Crippen LogP contribution in [0.2, 0.25) is 0 Å². The summed E-state index contributed by atoms with van der Waals surface area (Å²) >= 11 is 0. The molecule has 2 aromatic carbocycles. The van der Waals surface area contributed by atoms with E-state index >= 15 is 0 Å². The standard InChI is InChI=1S/C19H20FNO4/c1-12-9-15(20)7-8-16(12)18(22)21-11-14(19(23)24)10-13-5-3-4-6-17(13)25-2/h3-9,14H,10-11H2,1-2H3,(H,21,22)(H,23,24). The number of rotatable bonds is 7. The summed E-state index contributed by atoms with van der Waals surface area (Å²) in [6.45, 7) is 1.59. The average Bonchev–Trinajstić information content (AvgIpc) is 2.58. The van der Waals surface area contributed by atoms with Crippen LogP contribution in [0.3, 0.4) is 0 Å². The minimum Gasteiger partial charge on any atom is -0.496 e. The maximum absolute atomic E-state index is 13.1. The highest BCUT2D eigenvalue weighted by atomic mass is 19.1. The van der Waals surface area contributed by atoms with Gasteiger partial charge in [-0.05, 0) is 48.7 Å². The van der Waals surface area contributed by atoms with Gasteiger partial charge in [-0.3, -0.25) is 9.59 Å². The van der Waals surface area contributed by atoms with Crippen molar-refractivity contribution in [2.24, 2.45) is 5.92 Å². The van der Waals surface area contributed by atoms with Crippen molar-refractivity contribution in [1.29, 1.82) is 0 Å². The second kappa shape index (κ2) is 8.28. The molecule has 0 aliphatic heterocycles. The molecule has 6 heteroatoms. The van der Waals surface area contributed by atoms with Crippen molar-refractivity contribution in [1.82, 2.24) is 5.32 Å². The molecule has 0 spiro atoms. The van der Waals surface area contributed by atoms with Gasteiger partial charge in [-0.2, -0.15) is 0 Å². The Kier molecular flexibility index (Phi) is 6.11. The average molecular weight is 345 g/mol. The second-order valence-electron chi connectivity index (χ2n) is 5.72. The molecule has 1 atom stereocenters. The third-order valence-electron chi connectivity index (χ3n) is 3.95. The van der Waals surface area contributed by atoms with Gasteiger partial charge in [0.05, 0.1) is 13.0 Å². The molecule has 25 heavy (non-hydrogen) atoms. The number of aryl methyl sites for hydroxylation is 1. The summed E-state index contributed by atoms with van der Waals surface area (Å²) < 4.78 is 18.4. The number of hydrogen-bond donors (Lipinski definition) is 2. The molecule has 0 aliphatic carbocycles. The molecule has 2 N–H and O–H groups in total. The number of halogens is 1. The first-order valence-electron chi connectivity index (χ1n) is 7.81. The minimum atomic E-state index is -1.01. The van der Waals surface area contributed by atoms with E-state index in [0.717, 1.165) is 5.56 Å². The second-order valence-corrected chi connectivity index (χ2v) is 5.72. The van der Waals surface area contributed by atoms with Crippen molar-refractivity contribution in [3.05, 3.63) is 65.0 Å². The van der Waals surface area contributed by atoms with E-state index in [1.54, 1.807) is 31.2 Å². The van der Waals surface area contributed by atoms with Crippen molar-refractivity contribution in [3.63, 3.8) is 0 Å². The monoisotopic (exact) mass is 345 g/mol. The van der Waals surface area contributed by atoms with Crippen molar-refractivity contribution >= 4 is 11.9 Å². The number of para-hydroxylation sites is 1. The van der Waals surface area contributed by atoms with Gasteiger partial charge in [-0.1, -0.05) is 18.2 Å². The van der Waals surface area contributed by atoms with Crippen molar-refractivity contribution in [2.45, 2.75) is 13.3 Å². The molecule has 0 saturated heterocycles. The van der Waals surface area contributed by atoms with Gasteiger partial charge >= 0.3 is 5.97 Å². The van der Waals surface area contributed by atoms with Gasteiger partial charge in [0.25, 0.3) is 5.91 Å². The highest BCUT2D eigenvalue weighted by molar-refractivity contribution is 5.95. The lowest BCUT2D eigenvalue weighted by atomic mass is 9.98. The van der Waals surface area contributed by atoms with Crippen molar-refractivity contribution < 1.29 is 23.8 Å². The zero-order valence-corrected chi connectivity index (χ0v) is 14.1. The van der Waals surface area contributed by atoms with Crippen LogP contribution < -0.4 is 10.1 Å². The maximum atomic E-state index is 13.1. The topological polar surface area (TPSA) is 75.6 Å². The fraction of sp³-hybridized carbons (Fsp3) is 0.263. The van der Waals surface area contributed by atoms with Gasteiger partial charge in [0.1, 0.15) is 11.6 Å². The SMILES string of the molecule is COc1ccccc1CC(CNC(=O)c1ccc(F)cc1C)C(=O)O. The lowest BCUT2D eigenvalue weighted by molar-refractivity contribution is -0.141. The van der Waals surface area contributed by atoms with Crippen LogP contribution in [0.15, 0.2) is 42.5 Å². The van der Waals surface area contributed by atoms with Crippen LogP contribution in [0.4, 0.5) is 4.39 Å². The molecule has 5 nitrogen and oxygen atoms in total. The first kappa shape index (κ1) is 18.4. The van der Waals surface area contributed by atoms with Crippen LogP contribution >= 0.6 is 0 Å². The summed E-state index contributed by atoms with van der Waals surface area (Å²) in [7, 11) is 1.52. The number of ether oxygens (including phenoxy) is 1. The Bertz CT molecular complexity index is 776. The highest BCUT2D eigenvalue weighted by Gasteiger charge is 2.21. The minimum absolute atomic E-state index is 0.0387. The molecule has 1 amide bonds. The Morgan fingerprint density at radius 2 is 1.96 bits per heavy atom. The van der Waals surface area contributed by atoms with Crippen LogP contribution in [0.5, 0.6) is 5.75 Å². The fourth-order valence-corrected chi connectivity index (χ4v) is 2.58. The lowest BCUT2D eigenvalue weighted by Gasteiger charge is -2.16. The number of nitrogens with one attached hydrogen (secondary N) is 1. The van der Waals surface area contributed by atoms with Gasteiger partial charge in [0, 0.05) is 12.1 Å². The first-order valence-corrected chi connectivity index (χ1v) is 7.81. The molecule has 0 radical (unpaired) electrons. The van der Waals surface area contributed by atoms with Crippen LogP contribution in [-0.4, -0.2) is 30.6 Å². The molecule has 0 saturated carbocycles. The van der Waals surface area contributed by atoms with Crippen LogP contribution in [-0.2, 0) is 11.2 Å². The van der Waals surface area contributed by atoms with Crippen molar-refractivity contribution in [3.8, 4) is 5.75 Å². The van der Waals surface area contributed by atoms with Gasteiger partial charge in [-0.25, -0.2) is 4.39 Å². The molecule has 0 aliphatic rings. The Labute approximate surface area is 145 Å². The third kappa shape index (κ3) is 4.79. The summed E-state index contributed by atoms with van der Waals surface area (Å²) in [5, 5.41) is 12.0. The molecule has 132 valence electrons. The number of benzene rings is 2. The molecule has 2 rings (SSSR count). The molecule has 0 fully saturated rings. The maximum Gasteiger partial charge on any atom is 0.308 e. The van der Waals surface area contributed by atoms with Crippen molar-refractivity contribution in [2.75, 3.05) is 13.7 Å². The lowest BCUT2D eigenvalue weighted by Crippen LogP contribution is -2.34. The molecular weight excluding hydrogens is 325 g/mol. The fourth-order valence-electron chi connectivity index (χ4n) is 2.58. The number of carboxylic acids is 1. The number of carbonyl (C=O) groups excluding carboxylic acids is 1. The molecule has 0 aromatic heterocycles. The third-order valence-corrected chi connectivity index (χ3v) is 3.95. The zero-order valence-electron chi connectivity index (χ0n) is 14.1. The van der Waals surface area contributed by atoms with Crippen LogP contribution in [0, 0.1) is 18.7 Å². The number of amides is 1. The Balaban J connectivity index is 2.07. The number of carboxylic acid groups (broad SMARTS) is 1. The van der Waals surface area contributed by atoms with Gasteiger partial charge in [0.15, 0.2) is 0 Å². The summed E-state index contributed by atoms with van der Waals surface area (Å²) in [4.78, 5) is 23.8. The summed E-state index contributed by atoms with van der Waals surface area (Å²) in [5.41, 5.74) is 1.57. The molecule has 2 aromatic rings. The number of hydrogen-bond acceptors (Lipinski definition) is 3. The van der Waals surface area contributed by atoms with Gasteiger partial charge in [0.2, 0.25) is 0 Å². The summed E-state index contributed by atoms with van der Waals surface area (Å²) in [6.07, 6.45) is 0.224. The quantitative estimate of drug-likeness (QED) is 0.809. The summed E-state index contributed by atoms with van der Waals surface area (Å²) in [5.74, 6) is -2.06. The van der Waals surface area contributed by atoms with Crippen LogP contribution in [0.25, 0.3) is 0 Å². The van der Waals surface area contributed by atoms with Crippen LogP contribution in [0.1, 0.15) is 21.5 Å². The molecule has 1 unspecified atom stereocenters. The zero-order chi connectivity index (χ0) is 18.4. The van der Waals surface area contributed by atoms with E-state index in [-0.39, 0.29) is 13.0 Å². The Morgan fingerprint density at radius 1 is 1.24 bits per heavy atom. The first-order chi connectivity index (χ1) is 11.9. The van der Waals surface area contributed by atoms with Gasteiger partial charge < -0.3 is 15.2 Å². The number of aliphatic carboxylic acids is 1. The van der Waals surface area contributed by atoms with E-state index in [1.807, 2.05) is 0 Å². The largest absolute Gasteiger partial charge is 0.496 e. The van der Waals surface area contributed by atoms with E-state index < -0.39 is 23.6 Å². The summed E-state index contributed by atoms with van der Waals surface area (Å²) in [6, 6.07) is 11.0. The van der Waals surface area contributed by atoms with E-state index in [4.69, 9.17) is 4.74 Å². The normalized spacial score (nSPS) is 11.6. The molecule has 0 bridgehead atoms. The van der Waals surface area contributed by atoms with E-state index in [1.165, 1.54) is 25.3 Å². The predicted molar refractivity (Wildman–Crippen MR) is 91.3 cm³/mol. The smallest absolute Gasteiger partial charge is 0.308 e. The van der Waals surface area contributed by atoms with Gasteiger partial charge in [-0.15, -0.1) is 0 Å². The predicted octanol–water partition coefficient (Wildman–Crippen LogP) is 2.82. The van der Waals surface area contributed by atoms with E-state index in [9.17, 15) is 19.1 Å². The number of methoxy groups -OCH3 is 1.